The first kappa shape index (κ1) is 11.6. The summed E-state index contributed by atoms with van der Waals surface area (Å²) in [5.74, 6) is 0. The molecule has 0 atom stereocenters. The lowest BCUT2D eigenvalue weighted by atomic mass is 10.2. The fourth-order valence-electron chi connectivity index (χ4n) is 1.89. The lowest BCUT2D eigenvalue weighted by molar-refractivity contribution is 0.756. The molecule has 4 nitrogen and oxygen atoms in total. The highest BCUT2D eigenvalue weighted by molar-refractivity contribution is 5.48. The molecule has 17 heavy (non-hydrogen) atoms. The Kier molecular flexibility index (Phi) is 3.13. The van der Waals surface area contributed by atoms with Gasteiger partial charge < -0.3 is 5.32 Å². The molecule has 0 unspecified atom stereocenters. The summed E-state index contributed by atoms with van der Waals surface area (Å²) in [4.78, 5) is 4.43. The van der Waals surface area contributed by atoms with Gasteiger partial charge in [-0.05, 0) is 32.9 Å². The van der Waals surface area contributed by atoms with Crippen LogP contribution >= 0.6 is 0 Å². The number of rotatable bonds is 3. The molecule has 2 aromatic rings. The first-order valence-corrected chi connectivity index (χ1v) is 5.73. The molecule has 0 aliphatic heterocycles. The van der Waals surface area contributed by atoms with E-state index >= 15 is 0 Å². The lowest BCUT2D eigenvalue weighted by Crippen LogP contribution is -2.03. The predicted octanol–water partition coefficient (Wildman–Crippen LogP) is 2.35. The van der Waals surface area contributed by atoms with Crippen LogP contribution in [-0.4, -0.2) is 14.8 Å². The molecule has 4 heteroatoms. The summed E-state index contributed by atoms with van der Waals surface area (Å²) in [6.45, 7) is 6.83. The van der Waals surface area contributed by atoms with Crippen molar-refractivity contribution in [2.45, 2.75) is 27.3 Å². The number of nitrogens with zero attached hydrogens (tertiary/aromatic N) is 3. The van der Waals surface area contributed by atoms with Crippen LogP contribution in [0.2, 0.25) is 0 Å². The molecule has 0 radical (unpaired) electrons. The van der Waals surface area contributed by atoms with E-state index in [1.54, 1.807) is 0 Å². The second-order valence-electron chi connectivity index (χ2n) is 4.35. The lowest BCUT2D eigenvalue weighted by Gasteiger charge is -2.08. The predicted molar refractivity (Wildman–Crippen MR) is 69.0 cm³/mol. The van der Waals surface area contributed by atoms with E-state index in [-0.39, 0.29) is 0 Å². The number of nitrogens with one attached hydrogen (secondary N) is 1. The molecule has 90 valence electrons. The Labute approximate surface area is 102 Å². The zero-order valence-corrected chi connectivity index (χ0v) is 10.8. The third kappa shape index (κ3) is 2.64. The van der Waals surface area contributed by atoms with E-state index in [1.807, 2.05) is 44.8 Å². The van der Waals surface area contributed by atoms with Gasteiger partial charge >= 0.3 is 0 Å². The summed E-state index contributed by atoms with van der Waals surface area (Å²) in [5.41, 5.74) is 5.45. The average molecular weight is 230 g/mol. The van der Waals surface area contributed by atoms with Crippen LogP contribution in [0.3, 0.4) is 0 Å². The van der Waals surface area contributed by atoms with E-state index in [1.165, 1.54) is 5.56 Å². The highest BCUT2D eigenvalue weighted by atomic mass is 15.2. The standard InChI is InChI=1S/C13H18N4/c1-9-5-6-13(11(3)15-9)14-7-12-8-17(4)16-10(12)2/h5-6,8,14H,7H2,1-4H3. The molecule has 2 aromatic heterocycles. The molecule has 0 aromatic carbocycles. The van der Waals surface area contributed by atoms with Crippen molar-refractivity contribution in [2.75, 3.05) is 5.32 Å². The Hall–Kier alpha value is -1.84. The van der Waals surface area contributed by atoms with Crippen molar-refractivity contribution in [1.29, 1.82) is 0 Å². The summed E-state index contributed by atoms with van der Waals surface area (Å²) in [6.07, 6.45) is 2.04. The molecular weight excluding hydrogens is 212 g/mol. The maximum Gasteiger partial charge on any atom is 0.0643 e. The molecule has 1 N–H and O–H groups in total. The third-order valence-electron chi connectivity index (χ3n) is 2.81. The van der Waals surface area contributed by atoms with Gasteiger partial charge in [-0.1, -0.05) is 0 Å². The fourth-order valence-corrected chi connectivity index (χ4v) is 1.89. The topological polar surface area (TPSA) is 42.7 Å². The summed E-state index contributed by atoms with van der Waals surface area (Å²) >= 11 is 0. The monoisotopic (exact) mass is 230 g/mol. The van der Waals surface area contributed by atoms with Gasteiger partial charge in [0.2, 0.25) is 0 Å². The number of pyridine rings is 1. The van der Waals surface area contributed by atoms with Crippen molar-refractivity contribution in [1.82, 2.24) is 14.8 Å². The first-order chi connectivity index (χ1) is 8.06. The van der Waals surface area contributed by atoms with Crippen LogP contribution in [0.5, 0.6) is 0 Å². The molecule has 0 saturated heterocycles. The second-order valence-corrected chi connectivity index (χ2v) is 4.35. The van der Waals surface area contributed by atoms with E-state index in [2.05, 4.69) is 21.5 Å². The van der Waals surface area contributed by atoms with Crippen molar-refractivity contribution >= 4 is 5.69 Å². The fraction of sp³-hybridized carbons (Fsp3) is 0.385. The number of hydrogen-bond acceptors (Lipinski definition) is 3. The summed E-state index contributed by atoms with van der Waals surface area (Å²) in [7, 11) is 1.94. The minimum absolute atomic E-state index is 0.783. The molecule has 0 spiro atoms. The maximum absolute atomic E-state index is 4.43. The van der Waals surface area contributed by atoms with Crippen LogP contribution < -0.4 is 5.32 Å². The van der Waals surface area contributed by atoms with Crippen LogP contribution in [0, 0.1) is 20.8 Å². The zero-order valence-electron chi connectivity index (χ0n) is 10.8. The van der Waals surface area contributed by atoms with Gasteiger partial charge in [0, 0.05) is 31.0 Å². The van der Waals surface area contributed by atoms with Gasteiger partial charge in [-0.3, -0.25) is 9.67 Å². The largest absolute Gasteiger partial charge is 0.379 e. The zero-order chi connectivity index (χ0) is 12.4. The molecule has 0 aliphatic carbocycles. The Morgan fingerprint density at radius 2 is 1.94 bits per heavy atom. The number of anilines is 1. The van der Waals surface area contributed by atoms with E-state index in [0.717, 1.165) is 29.3 Å². The van der Waals surface area contributed by atoms with Crippen molar-refractivity contribution in [2.24, 2.45) is 7.05 Å². The van der Waals surface area contributed by atoms with E-state index in [4.69, 9.17) is 0 Å². The van der Waals surface area contributed by atoms with Crippen LogP contribution in [0.25, 0.3) is 0 Å². The second kappa shape index (κ2) is 4.57. The molecule has 0 amide bonds. The maximum atomic E-state index is 4.43. The van der Waals surface area contributed by atoms with Crippen molar-refractivity contribution in [3.05, 3.63) is 41.0 Å². The van der Waals surface area contributed by atoms with Crippen molar-refractivity contribution < 1.29 is 0 Å². The van der Waals surface area contributed by atoms with Crippen LogP contribution in [0.1, 0.15) is 22.6 Å². The minimum atomic E-state index is 0.783. The summed E-state index contributed by atoms with van der Waals surface area (Å²) in [5, 5.41) is 7.72. The molecule has 0 aliphatic rings. The Morgan fingerprint density at radius 1 is 1.18 bits per heavy atom. The average Bonchev–Trinajstić information content (AvgIpc) is 2.56. The van der Waals surface area contributed by atoms with Gasteiger partial charge in [0.1, 0.15) is 0 Å². The van der Waals surface area contributed by atoms with Crippen LogP contribution in [0.4, 0.5) is 5.69 Å². The molecule has 0 saturated carbocycles. The van der Waals surface area contributed by atoms with E-state index < -0.39 is 0 Å². The molecule has 2 heterocycles. The van der Waals surface area contributed by atoms with Gasteiger partial charge in [0.15, 0.2) is 0 Å². The van der Waals surface area contributed by atoms with Gasteiger partial charge in [-0.2, -0.15) is 5.10 Å². The Bertz CT molecular complexity index is 528. The van der Waals surface area contributed by atoms with Crippen molar-refractivity contribution in [3.63, 3.8) is 0 Å². The smallest absolute Gasteiger partial charge is 0.0643 e. The summed E-state index contributed by atoms with van der Waals surface area (Å²) < 4.78 is 1.84. The Morgan fingerprint density at radius 3 is 2.53 bits per heavy atom. The van der Waals surface area contributed by atoms with Crippen LogP contribution in [0.15, 0.2) is 18.3 Å². The number of aromatic nitrogens is 3. The minimum Gasteiger partial charge on any atom is -0.379 e. The van der Waals surface area contributed by atoms with Crippen LogP contribution in [-0.2, 0) is 13.6 Å². The SMILES string of the molecule is Cc1ccc(NCc2cn(C)nc2C)c(C)n1. The first-order valence-electron chi connectivity index (χ1n) is 5.73. The molecule has 0 bridgehead atoms. The van der Waals surface area contributed by atoms with Gasteiger partial charge in [-0.15, -0.1) is 0 Å². The quantitative estimate of drug-likeness (QED) is 0.880. The number of hydrogen-bond donors (Lipinski definition) is 1. The van der Waals surface area contributed by atoms with E-state index in [0.29, 0.717) is 0 Å². The molecular formula is C13H18N4. The molecule has 0 fully saturated rings. The third-order valence-corrected chi connectivity index (χ3v) is 2.81. The van der Waals surface area contributed by atoms with Gasteiger partial charge in [-0.25, -0.2) is 0 Å². The van der Waals surface area contributed by atoms with Gasteiger partial charge in [0.25, 0.3) is 0 Å². The highest BCUT2D eigenvalue weighted by Crippen LogP contribution is 2.14. The normalized spacial score (nSPS) is 10.6. The Balaban J connectivity index is 2.10. The molecule has 2 rings (SSSR count). The summed E-state index contributed by atoms with van der Waals surface area (Å²) in [6, 6.07) is 4.09. The van der Waals surface area contributed by atoms with Gasteiger partial charge in [0.05, 0.1) is 17.1 Å². The van der Waals surface area contributed by atoms with E-state index in [9.17, 15) is 0 Å². The highest BCUT2D eigenvalue weighted by Gasteiger charge is 2.04. The van der Waals surface area contributed by atoms with Crippen molar-refractivity contribution in [3.8, 4) is 0 Å². The number of aryl methyl sites for hydroxylation is 4.